The summed E-state index contributed by atoms with van der Waals surface area (Å²) in [5.74, 6) is 0. The largest absolute Gasteiger partial charge is 0.399 e. The fourth-order valence-corrected chi connectivity index (χ4v) is 4.97. The molecule has 0 aliphatic rings. The van der Waals surface area contributed by atoms with Gasteiger partial charge in [0.05, 0.1) is 23.0 Å². The third-order valence-corrected chi connectivity index (χ3v) is 7.58. The third-order valence-electron chi connectivity index (χ3n) is 6.19. The number of benzene rings is 3. The molecule has 3 aromatic carbocycles. The van der Waals surface area contributed by atoms with Crippen molar-refractivity contribution in [1.82, 2.24) is 14.9 Å². The first-order chi connectivity index (χ1) is 17.6. The molecule has 0 saturated carbocycles. The first-order valence-electron chi connectivity index (χ1n) is 12.1. The Morgan fingerprint density at radius 1 is 1.03 bits per heavy atom. The van der Waals surface area contributed by atoms with E-state index in [0.717, 1.165) is 29.9 Å². The average Bonchev–Trinajstić information content (AvgIpc) is 3.36. The van der Waals surface area contributed by atoms with Crippen molar-refractivity contribution in [2.75, 3.05) is 17.0 Å². The van der Waals surface area contributed by atoms with Crippen molar-refractivity contribution >= 4 is 21.4 Å². The van der Waals surface area contributed by atoms with Gasteiger partial charge in [-0.3, -0.25) is 4.72 Å². The second-order valence-electron chi connectivity index (χ2n) is 9.69. The molecule has 0 radical (unpaired) electrons. The van der Waals surface area contributed by atoms with Gasteiger partial charge in [0, 0.05) is 41.8 Å². The van der Waals surface area contributed by atoms with Gasteiger partial charge >= 0.3 is 0 Å². The van der Waals surface area contributed by atoms with E-state index in [2.05, 4.69) is 28.9 Å². The van der Waals surface area contributed by atoms with Gasteiger partial charge in [0.15, 0.2) is 0 Å². The number of sulfonamides is 1. The minimum atomic E-state index is -3.70. The Labute approximate surface area is 218 Å². The number of aryl methyl sites for hydroxylation is 1. The number of hydrogen-bond donors (Lipinski definition) is 4. The molecule has 4 rings (SSSR count). The Hall–Kier alpha value is -3.66. The molecule has 1 heterocycles. The van der Waals surface area contributed by atoms with Crippen molar-refractivity contribution in [3.8, 4) is 11.3 Å². The van der Waals surface area contributed by atoms with Gasteiger partial charge in [0.25, 0.3) is 10.0 Å². The molecule has 9 heteroatoms. The maximum absolute atomic E-state index is 12.6. The number of imidazole rings is 1. The second kappa shape index (κ2) is 11.2. The van der Waals surface area contributed by atoms with Gasteiger partial charge in [-0.1, -0.05) is 42.5 Å². The second-order valence-corrected chi connectivity index (χ2v) is 11.4. The fourth-order valence-electron chi connectivity index (χ4n) is 3.90. The number of nitrogens with one attached hydrogen (secondary N) is 2. The van der Waals surface area contributed by atoms with Crippen LogP contribution in [0.5, 0.6) is 0 Å². The highest BCUT2D eigenvalue weighted by Gasteiger charge is 2.20. The lowest BCUT2D eigenvalue weighted by Gasteiger charge is -2.28. The first kappa shape index (κ1) is 26.4. The molecule has 1 atom stereocenters. The topological polar surface area (TPSA) is 122 Å². The smallest absolute Gasteiger partial charge is 0.261 e. The molecule has 0 fully saturated rings. The van der Waals surface area contributed by atoms with Gasteiger partial charge < -0.3 is 20.7 Å². The molecule has 0 unspecified atom stereocenters. The van der Waals surface area contributed by atoms with Crippen LogP contribution in [0.3, 0.4) is 0 Å². The number of nitrogens with zero attached hydrogens (tertiary/aromatic N) is 2. The number of aromatic nitrogens is 2. The van der Waals surface area contributed by atoms with Gasteiger partial charge in [-0.05, 0) is 62.2 Å². The zero-order valence-corrected chi connectivity index (χ0v) is 21.8. The zero-order valence-electron chi connectivity index (χ0n) is 21.0. The standard InChI is InChI=1S/C28H33N5O3S/c1-28(2,15-16-33-19-26(30-20-33)21-11-13-23(29)14-12-21)31-18-27(34)22-7-6-8-24(17-22)32-37(35,36)25-9-4-3-5-10-25/h3-14,17,19-20,27,31-32,34H,15-16,18,29H2,1-2H3/t27-/m1/s1. The summed E-state index contributed by atoms with van der Waals surface area (Å²) in [6.07, 6.45) is 3.84. The first-order valence-corrected chi connectivity index (χ1v) is 13.6. The highest BCUT2D eigenvalue weighted by Crippen LogP contribution is 2.22. The number of β-amino-alcohol motifs (C(OH)–C–C–N with tert-alkyl or cyclic N) is 1. The lowest BCUT2D eigenvalue weighted by Crippen LogP contribution is -2.42. The quantitative estimate of drug-likeness (QED) is 0.218. The number of nitrogens with two attached hydrogens (primary N) is 1. The summed E-state index contributed by atoms with van der Waals surface area (Å²) in [6, 6.07) is 22.6. The molecule has 0 spiro atoms. The molecule has 0 saturated heterocycles. The van der Waals surface area contributed by atoms with E-state index in [9.17, 15) is 13.5 Å². The maximum Gasteiger partial charge on any atom is 0.261 e. The lowest BCUT2D eigenvalue weighted by atomic mass is 9.99. The molecule has 5 N–H and O–H groups in total. The van der Waals surface area contributed by atoms with Crippen LogP contribution < -0.4 is 15.8 Å². The van der Waals surface area contributed by atoms with E-state index in [1.807, 2.05) is 41.4 Å². The molecule has 1 aromatic heterocycles. The molecule has 0 bridgehead atoms. The number of anilines is 2. The van der Waals surface area contributed by atoms with E-state index in [0.29, 0.717) is 17.8 Å². The highest BCUT2D eigenvalue weighted by molar-refractivity contribution is 7.92. The molecule has 4 aromatic rings. The molecule has 0 aliphatic carbocycles. The van der Waals surface area contributed by atoms with Crippen molar-refractivity contribution in [2.24, 2.45) is 0 Å². The van der Waals surface area contributed by atoms with E-state index in [1.165, 1.54) is 12.1 Å². The number of hydrogen-bond acceptors (Lipinski definition) is 6. The maximum atomic E-state index is 12.6. The van der Waals surface area contributed by atoms with Crippen molar-refractivity contribution in [2.45, 2.75) is 43.4 Å². The lowest BCUT2D eigenvalue weighted by molar-refractivity contribution is 0.158. The molecule has 194 valence electrons. The number of rotatable bonds is 11. The fraction of sp³-hybridized carbons (Fsp3) is 0.250. The van der Waals surface area contributed by atoms with Crippen LogP contribution in [0.4, 0.5) is 11.4 Å². The normalized spacial score (nSPS) is 12.8. The van der Waals surface area contributed by atoms with E-state index in [1.54, 1.807) is 42.5 Å². The highest BCUT2D eigenvalue weighted by atomic mass is 32.2. The van der Waals surface area contributed by atoms with Crippen LogP contribution in [-0.4, -0.2) is 35.2 Å². The number of nitrogen functional groups attached to an aromatic ring is 1. The molecule has 0 aliphatic heterocycles. The van der Waals surface area contributed by atoms with Gasteiger partial charge in [0.2, 0.25) is 0 Å². The minimum absolute atomic E-state index is 0.183. The summed E-state index contributed by atoms with van der Waals surface area (Å²) in [5, 5.41) is 14.2. The summed E-state index contributed by atoms with van der Waals surface area (Å²) in [7, 11) is -3.70. The van der Waals surface area contributed by atoms with E-state index in [4.69, 9.17) is 5.73 Å². The molecule has 0 amide bonds. The van der Waals surface area contributed by atoms with E-state index >= 15 is 0 Å². The van der Waals surface area contributed by atoms with Crippen molar-refractivity contribution in [1.29, 1.82) is 0 Å². The van der Waals surface area contributed by atoms with E-state index in [-0.39, 0.29) is 10.4 Å². The summed E-state index contributed by atoms with van der Waals surface area (Å²) < 4.78 is 29.9. The van der Waals surface area contributed by atoms with Crippen molar-refractivity contribution < 1.29 is 13.5 Å². The third kappa shape index (κ3) is 7.19. The monoisotopic (exact) mass is 519 g/mol. The Morgan fingerprint density at radius 2 is 1.76 bits per heavy atom. The van der Waals surface area contributed by atoms with Crippen LogP contribution >= 0.6 is 0 Å². The van der Waals surface area contributed by atoms with Crippen molar-refractivity contribution in [3.63, 3.8) is 0 Å². The van der Waals surface area contributed by atoms with E-state index < -0.39 is 16.1 Å². The zero-order chi connectivity index (χ0) is 26.5. The number of aliphatic hydroxyl groups excluding tert-OH is 1. The number of aliphatic hydroxyl groups is 1. The van der Waals surface area contributed by atoms with Crippen molar-refractivity contribution in [3.05, 3.63) is 97.0 Å². The Balaban J connectivity index is 1.31. The SMILES string of the molecule is CC(C)(CCn1cnc(-c2ccc(N)cc2)c1)NC[C@@H](O)c1cccc(NS(=O)(=O)c2ccccc2)c1. The van der Waals surface area contributed by atoms with Crippen LogP contribution in [-0.2, 0) is 16.6 Å². The molecule has 37 heavy (non-hydrogen) atoms. The summed E-state index contributed by atoms with van der Waals surface area (Å²) in [6.45, 7) is 5.25. The Bertz CT molecular complexity index is 1420. The van der Waals surface area contributed by atoms with Crippen LogP contribution in [0.1, 0.15) is 31.9 Å². The average molecular weight is 520 g/mol. The van der Waals surface area contributed by atoms with Crippen LogP contribution in [0.15, 0.2) is 96.3 Å². The van der Waals surface area contributed by atoms with Gasteiger partial charge in [0.1, 0.15) is 0 Å². The summed E-state index contributed by atoms with van der Waals surface area (Å²) in [4.78, 5) is 4.68. The molecule has 8 nitrogen and oxygen atoms in total. The molecular formula is C28H33N5O3S. The van der Waals surface area contributed by atoms with Crippen LogP contribution in [0.2, 0.25) is 0 Å². The minimum Gasteiger partial charge on any atom is -0.399 e. The predicted octanol–water partition coefficient (Wildman–Crippen LogP) is 4.43. The summed E-state index contributed by atoms with van der Waals surface area (Å²) >= 11 is 0. The predicted molar refractivity (Wildman–Crippen MR) is 147 cm³/mol. The van der Waals surface area contributed by atoms with Gasteiger partial charge in [-0.25, -0.2) is 13.4 Å². The van der Waals surface area contributed by atoms with Gasteiger partial charge in [-0.2, -0.15) is 0 Å². The Morgan fingerprint density at radius 3 is 2.49 bits per heavy atom. The Kier molecular flexibility index (Phi) is 7.97. The van der Waals surface area contributed by atoms with Crippen LogP contribution in [0.25, 0.3) is 11.3 Å². The molecular weight excluding hydrogens is 486 g/mol. The summed E-state index contributed by atoms with van der Waals surface area (Å²) in [5.41, 5.74) is 9.17. The van der Waals surface area contributed by atoms with Gasteiger partial charge in [-0.15, -0.1) is 0 Å². The van der Waals surface area contributed by atoms with Crippen LogP contribution in [0, 0.1) is 0 Å².